The largest absolute Gasteiger partial charge is 0.416 e. The Morgan fingerprint density at radius 3 is 2.63 bits per heavy atom. The highest BCUT2D eigenvalue weighted by atomic mass is 19.4. The average molecular weight is 267 g/mol. The van der Waals surface area contributed by atoms with Crippen molar-refractivity contribution in [1.82, 2.24) is 9.78 Å². The SMILES string of the molecule is Cc1cnn(-c2ccc(C(F)(F)F)cc2N=C=O)c1. The number of hydrogen-bond donors (Lipinski definition) is 0. The van der Waals surface area contributed by atoms with Gasteiger partial charge in [-0.3, -0.25) is 0 Å². The lowest BCUT2D eigenvalue weighted by Gasteiger charge is -2.10. The molecular weight excluding hydrogens is 259 g/mol. The highest BCUT2D eigenvalue weighted by Crippen LogP contribution is 2.34. The van der Waals surface area contributed by atoms with Crippen molar-refractivity contribution in [2.75, 3.05) is 0 Å². The quantitative estimate of drug-likeness (QED) is 0.619. The summed E-state index contributed by atoms with van der Waals surface area (Å²) in [6.45, 7) is 1.79. The van der Waals surface area contributed by atoms with Crippen molar-refractivity contribution in [2.45, 2.75) is 13.1 Å². The summed E-state index contributed by atoms with van der Waals surface area (Å²) < 4.78 is 39.1. The molecule has 0 aliphatic carbocycles. The highest BCUT2D eigenvalue weighted by molar-refractivity contribution is 5.62. The van der Waals surface area contributed by atoms with Crippen molar-refractivity contribution in [1.29, 1.82) is 0 Å². The number of aryl methyl sites for hydroxylation is 1. The van der Waals surface area contributed by atoms with Gasteiger partial charge in [0.1, 0.15) is 5.69 Å². The third-order valence-electron chi connectivity index (χ3n) is 2.43. The first kappa shape index (κ1) is 13.0. The molecule has 98 valence electrons. The van der Waals surface area contributed by atoms with E-state index in [2.05, 4.69) is 10.1 Å². The highest BCUT2D eigenvalue weighted by Gasteiger charge is 2.31. The first-order valence-electron chi connectivity index (χ1n) is 5.22. The van der Waals surface area contributed by atoms with Gasteiger partial charge in [-0.25, -0.2) is 9.48 Å². The third kappa shape index (κ3) is 2.71. The Morgan fingerprint density at radius 1 is 1.37 bits per heavy atom. The number of carbonyl (C=O) groups excluding carboxylic acids is 1. The number of aliphatic imine (C=N–C) groups is 1. The Labute approximate surface area is 106 Å². The van der Waals surface area contributed by atoms with Gasteiger partial charge in [0, 0.05) is 6.20 Å². The molecule has 0 radical (unpaired) electrons. The topological polar surface area (TPSA) is 47.2 Å². The molecule has 0 aliphatic rings. The summed E-state index contributed by atoms with van der Waals surface area (Å²) in [6, 6.07) is 2.92. The van der Waals surface area contributed by atoms with E-state index >= 15 is 0 Å². The van der Waals surface area contributed by atoms with Crippen LogP contribution in [-0.2, 0) is 11.0 Å². The van der Waals surface area contributed by atoms with Crippen LogP contribution in [0, 0.1) is 6.92 Å². The van der Waals surface area contributed by atoms with Crippen molar-refractivity contribution in [3.63, 3.8) is 0 Å². The Hall–Kier alpha value is -2.40. The Balaban J connectivity index is 2.59. The van der Waals surface area contributed by atoms with E-state index in [9.17, 15) is 18.0 Å². The molecule has 1 heterocycles. The monoisotopic (exact) mass is 267 g/mol. The van der Waals surface area contributed by atoms with Crippen molar-refractivity contribution in [2.24, 2.45) is 4.99 Å². The van der Waals surface area contributed by atoms with Gasteiger partial charge in [0.25, 0.3) is 0 Å². The molecule has 0 atom stereocenters. The summed E-state index contributed by atoms with van der Waals surface area (Å²) in [6.07, 6.45) is -0.0830. The van der Waals surface area contributed by atoms with E-state index in [1.165, 1.54) is 16.8 Å². The minimum absolute atomic E-state index is 0.132. The summed E-state index contributed by atoms with van der Waals surface area (Å²) in [5, 5.41) is 3.97. The van der Waals surface area contributed by atoms with Crippen LogP contribution < -0.4 is 0 Å². The van der Waals surface area contributed by atoms with Crippen LogP contribution in [0.1, 0.15) is 11.1 Å². The van der Waals surface area contributed by atoms with Crippen LogP contribution in [0.15, 0.2) is 35.6 Å². The average Bonchev–Trinajstić information content (AvgIpc) is 2.75. The lowest BCUT2D eigenvalue weighted by molar-refractivity contribution is -0.137. The molecule has 0 spiro atoms. The fourth-order valence-electron chi connectivity index (χ4n) is 1.58. The smallest absolute Gasteiger partial charge is 0.238 e. The van der Waals surface area contributed by atoms with Crippen LogP contribution in [0.5, 0.6) is 0 Å². The fraction of sp³-hybridized carbons (Fsp3) is 0.167. The summed E-state index contributed by atoms with van der Waals surface area (Å²) in [5.41, 5.74) is 0.104. The number of halogens is 3. The summed E-state index contributed by atoms with van der Waals surface area (Å²) in [4.78, 5) is 13.6. The normalized spacial score (nSPS) is 11.2. The van der Waals surface area contributed by atoms with Gasteiger partial charge in [0.15, 0.2) is 0 Å². The molecule has 0 N–H and O–H groups in total. The van der Waals surface area contributed by atoms with Crippen LogP contribution in [0.3, 0.4) is 0 Å². The van der Waals surface area contributed by atoms with E-state index in [-0.39, 0.29) is 11.4 Å². The van der Waals surface area contributed by atoms with Gasteiger partial charge in [-0.1, -0.05) is 0 Å². The number of hydrogen-bond acceptors (Lipinski definition) is 3. The number of alkyl halides is 3. The van der Waals surface area contributed by atoms with Gasteiger partial charge < -0.3 is 0 Å². The zero-order valence-electron chi connectivity index (χ0n) is 9.77. The number of benzene rings is 1. The summed E-state index contributed by atoms with van der Waals surface area (Å²) >= 11 is 0. The lowest BCUT2D eigenvalue weighted by Crippen LogP contribution is -2.05. The molecule has 0 saturated carbocycles. The fourth-order valence-corrected chi connectivity index (χ4v) is 1.58. The summed E-state index contributed by atoms with van der Waals surface area (Å²) in [5.74, 6) is 0. The van der Waals surface area contributed by atoms with E-state index in [1.54, 1.807) is 19.3 Å². The predicted molar refractivity (Wildman–Crippen MR) is 61.1 cm³/mol. The first-order valence-corrected chi connectivity index (χ1v) is 5.22. The van der Waals surface area contributed by atoms with E-state index in [1.807, 2.05) is 0 Å². The molecule has 19 heavy (non-hydrogen) atoms. The van der Waals surface area contributed by atoms with Gasteiger partial charge in [0.05, 0.1) is 17.4 Å². The van der Waals surface area contributed by atoms with Gasteiger partial charge in [-0.15, -0.1) is 0 Å². The second kappa shape index (κ2) is 4.70. The maximum absolute atomic E-state index is 12.6. The molecule has 0 saturated heterocycles. The van der Waals surface area contributed by atoms with Crippen LogP contribution in [0.2, 0.25) is 0 Å². The second-order valence-corrected chi connectivity index (χ2v) is 3.87. The van der Waals surface area contributed by atoms with Gasteiger partial charge in [-0.2, -0.15) is 23.3 Å². The van der Waals surface area contributed by atoms with Crippen LogP contribution in [0.4, 0.5) is 18.9 Å². The molecule has 0 amide bonds. The summed E-state index contributed by atoms with van der Waals surface area (Å²) in [7, 11) is 0. The first-order chi connectivity index (χ1) is 8.91. The maximum Gasteiger partial charge on any atom is 0.416 e. The van der Waals surface area contributed by atoms with Crippen molar-refractivity contribution in [3.8, 4) is 5.69 Å². The zero-order chi connectivity index (χ0) is 14.0. The number of isocyanates is 1. The van der Waals surface area contributed by atoms with E-state index in [4.69, 9.17) is 0 Å². The van der Waals surface area contributed by atoms with E-state index in [0.29, 0.717) is 0 Å². The number of aromatic nitrogens is 2. The van der Waals surface area contributed by atoms with Crippen molar-refractivity contribution >= 4 is 11.8 Å². The minimum Gasteiger partial charge on any atom is -0.238 e. The number of rotatable bonds is 2. The molecule has 0 bridgehead atoms. The molecule has 2 rings (SSSR count). The molecular formula is C12H8F3N3O. The molecule has 0 fully saturated rings. The molecule has 0 aliphatic heterocycles. The van der Waals surface area contributed by atoms with Crippen molar-refractivity contribution in [3.05, 3.63) is 41.7 Å². The maximum atomic E-state index is 12.6. The molecule has 1 aromatic heterocycles. The molecule has 2 aromatic rings. The molecule has 1 aromatic carbocycles. The lowest BCUT2D eigenvalue weighted by atomic mass is 10.1. The predicted octanol–water partition coefficient (Wildman–Crippen LogP) is 3.17. The van der Waals surface area contributed by atoms with Crippen LogP contribution >= 0.6 is 0 Å². The minimum atomic E-state index is -4.49. The second-order valence-electron chi connectivity index (χ2n) is 3.87. The van der Waals surface area contributed by atoms with Crippen molar-refractivity contribution < 1.29 is 18.0 Å². The Morgan fingerprint density at radius 2 is 2.11 bits per heavy atom. The Bertz CT molecular complexity index is 654. The molecule has 0 unspecified atom stereocenters. The Kier molecular flexibility index (Phi) is 3.23. The van der Waals surface area contributed by atoms with Crippen LogP contribution in [-0.4, -0.2) is 15.9 Å². The zero-order valence-corrected chi connectivity index (χ0v) is 9.77. The van der Waals surface area contributed by atoms with E-state index in [0.717, 1.165) is 17.7 Å². The molecule has 4 nitrogen and oxygen atoms in total. The third-order valence-corrected chi connectivity index (χ3v) is 2.43. The van der Waals surface area contributed by atoms with Gasteiger partial charge >= 0.3 is 6.18 Å². The van der Waals surface area contributed by atoms with Crippen LogP contribution in [0.25, 0.3) is 5.69 Å². The van der Waals surface area contributed by atoms with Gasteiger partial charge in [-0.05, 0) is 30.7 Å². The van der Waals surface area contributed by atoms with E-state index < -0.39 is 11.7 Å². The molecule has 7 heteroatoms. The van der Waals surface area contributed by atoms with Gasteiger partial charge in [0.2, 0.25) is 6.08 Å². The standard InChI is InChI=1S/C12H8F3N3O/c1-8-5-17-18(6-8)11-3-2-9(12(13,14)15)4-10(11)16-7-19/h2-6H,1H3. The number of nitrogens with zero attached hydrogens (tertiary/aromatic N) is 3.